The first-order chi connectivity index (χ1) is 10.4. The Balaban J connectivity index is 1.39. The van der Waals surface area contributed by atoms with Crippen LogP contribution < -0.4 is 10.2 Å². The van der Waals surface area contributed by atoms with Gasteiger partial charge in [0.15, 0.2) is 5.82 Å². The third-order valence-electron chi connectivity index (χ3n) is 4.72. The van der Waals surface area contributed by atoms with Crippen molar-refractivity contribution in [2.24, 2.45) is 5.92 Å². The minimum absolute atomic E-state index is 0.736. The lowest BCUT2D eigenvalue weighted by Gasteiger charge is -2.34. The van der Waals surface area contributed by atoms with Gasteiger partial charge >= 0.3 is 0 Å². The van der Waals surface area contributed by atoms with Crippen molar-refractivity contribution < 1.29 is 0 Å². The van der Waals surface area contributed by atoms with Gasteiger partial charge in [-0.2, -0.15) is 10.1 Å². The normalized spacial score (nSPS) is 23.8. The second kappa shape index (κ2) is 5.48. The van der Waals surface area contributed by atoms with Crippen molar-refractivity contribution in [3.63, 3.8) is 0 Å². The van der Waals surface area contributed by atoms with E-state index in [1.54, 1.807) is 6.20 Å². The first-order valence-corrected chi connectivity index (χ1v) is 7.80. The highest BCUT2D eigenvalue weighted by Crippen LogP contribution is 2.27. The molecule has 0 radical (unpaired) electrons. The number of nitrogens with zero attached hydrogens (tertiary/aromatic N) is 4. The molecule has 0 aliphatic carbocycles. The van der Waals surface area contributed by atoms with Gasteiger partial charge < -0.3 is 10.2 Å². The minimum atomic E-state index is 0.736. The van der Waals surface area contributed by atoms with Gasteiger partial charge in [-0.3, -0.25) is 10.2 Å². The Morgan fingerprint density at radius 3 is 2.76 bits per heavy atom. The molecule has 2 aromatic heterocycles. The molecule has 0 amide bonds. The van der Waals surface area contributed by atoms with Gasteiger partial charge in [-0.15, -0.1) is 5.10 Å². The third-order valence-corrected chi connectivity index (χ3v) is 4.72. The molecule has 7 nitrogen and oxygen atoms in total. The lowest BCUT2D eigenvalue weighted by atomic mass is 9.89. The highest BCUT2D eigenvalue weighted by Gasteiger charge is 2.29. The maximum Gasteiger partial charge on any atom is 0.245 e. The van der Waals surface area contributed by atoms with E-state index in [1.165, 1.54) is 32.2 Å². The fraction of sp³-hybridized carbons (Fsp3) is 0.643. The Labute approximate surface area is 123 Å². The summed E-state index contributed by atoms with van der Waals surface area (Å²) < 4.78 is 0. The second-order valence-corrected chi connectivity index (χ2v) is 5.98. The van der Waals surface area contributed by atoms with Crippen molar-refractivity contribution in [3.05, 3.63) is 12.3 Å². The zero-order chi connectivity index (χ0) is 14.1. The summed E-state index contributed by atoms with van der Waals surface area (Å²) in [5, 5.41) is 17.8. The molecule has 2 aliphatic rings. The Kier molecular flexibility index (Phi) is 3.34. The lowest BCUT2D eigenvalue weighted by molar-refractivity contribution is 0.317. The van der Waals surface area contributed by atoms with E-state index < -0.39 is 0 Å². The fourth-order valence-corrected chi connectivity index (χ4v) is 3.52. The number of piperidine rings is 1. The van der Waals surface area contributed by atoms with E-state index in [2.05, 4.69) is 35.6 Å². The summed E-state index contributed by atoms with van der Waals surface area (Å²) in [6, 6.07) is 2.63. The van der Waals surface area contributed by atoms with Gasteiger partial charge in [-0.05, 0) is 44.2 Å². The number of rotatable bonds is 3. The van der Waals surface area contributed by atoms with Gasteiger partial charge in [0.25, 0.3) is 0 Å². The first kappa shape index (κ1) is 12.8. The van der Waals surface area contributed by atoms with Crippen molar-refractivity contribution in [2.75, 3.05) is 24.5 Å². The zero-order valence-corrected chi connectivity index (χ0v) is 12.0. The smallest absolute Gasteiger partial charge is 0.245 e. The fourth-order valence-electron chi connectivity index (χ4n) is 3.52. The molecule has 0 spiro atoms. The number of anilines is 1. The van der Waals surface area contributed by atoms with Gasteiger partial charge in [0.2, 0.25) is 5.95 Å². The summed E-state index contributed by atoms with van der Waals surface area (Å²) in [5.74, 6) is 2.37. The van der Waals surface area contributed by atoms with Crippen LogP contribution in [-0.2, 0) is 0 Å². The second-order valence-electron chi connectivity index (χ2n) is 5.98. The zero-order valence-electron chi connectivity index (χ0n) is 12.0. The summed E-state index contributed by atoms with van der Waals surface area (Å²) >= 11 is 0. The van der Waals surface area contributed by atoms with Crippen molar-refractivity contribution in [3.8, 4) is 11.5 Å². The summed E-state index contributed by atoms with van der Waals surface area (Å²) in [4.78, 5) is 6.85. The van der Waals surface area contributed by atoms with Gasteiger partial charge in [-0.1, -0.05) is 0 Å². The molecule has 0 bridgehead atoms. The highest BCUT2D eigenvalue weighted by molar-refractivity contribution is 5.50. The molecule has 3 N–H and O–H groups in total. The first-order valence-electron chi connectivity index (χ1n) is 7.80. The quantitative estimate of drug-likeness (QED) is 0.789. The van der Waals surface area contributed by atoms with Crippen LogP contribution in [0, 0.1) is 5.92 Å². The van der Waals surface area contributed by atoms with Crippen molar-refractivity contribution >= 4 is 5.95 Å². The summed E-state index contributed by atoms with van der Waals surface area (Å²) in [5.41, 5.74) is 0.874. The molecule has 4 heterocycles. The van der Waals surface area contributed by atoms with Crippen molar-refractivity contribution in [1.29, 1.82) is 0 Å². The molecular weight excluding hydrogens is 266 g/mol. The number of hydrogen-bond acceptors (Lipinski definition) is 5. The predicted octanol–water partition coefficient (Wildman–Crippen LogP) is 1.16. The number of hydrogen-bond donors (Lipinski definition) is 3. The van der Waals surface area contributed by atoms with Crippen LogP contribution >= 0.6 is 0 Å². The van der Waals surface area contributed by atoms with E-state index in [0.717, 1.165) is 42.5 Å². The van der Waals surface area contributed by atoms with Gasteiger partial charge in [-0.25, -0.2) is 0 Å². The Morgan fingerprint density at radius 1 is 1.14 bits per heavy atom. The molecule has 1 atom stereocenters. The van der Waals surface area contributed by atoms with E-state index in [9.17, 15) is 0 Å². The number of nitrogens with one attached hydrogen (secondary N) is 3. The van der Waals surface area contributed by atoms with E-state index in [0.29, 0.717) is 0 Å². The van der Waals surface area contributed by atoms with Crippen LogP contribution in [0.4, 0.5) is 5.95 Å². The molecule has 1 unspecified atom stereocenters. The van der Waals surface area contributed by atoms with Crippen LogP contribution in [0.1, 0.15) is 25.7 Å². The van der Waals surface area contributed by atoms with E-state index in [4.69, 9.17) is 0 Å². The maximum atomic E-state index is 4.57. The van der Waals surface area contributed by atoms with Crippen molar-refractivity contribution in [1.82, 2.24) is 30.7 Å². The molecule has 2 fully saturated rings. The average molecular weight is 287 g/mol. The maximum absolute atomic E-state index is 4.57. The molecule has 21 heavy (non-hydrogen) atoms. The van der Waals surface area contributed by atoms with Gasteiger partial charge in [0.05, 0.1) is 0 Å². The summed E-state index contributed by atoms with van der Waals surface area (Å²) in [7, 11) is 0. The molecule has 0 saturated carbocycles. The van der Waals surface area contributed by atoms with Gasteiger partial charge in [0.1, 0.15) is 5.69 Å². The minimum Gasteiger partial charge on any atom is -0.340 e. The molecule has 0 aromatic carbocycles. The predicted molar refractivity (Wildman–Crippen MR) is 79.9 cm³/mol. The van der Waals surface area contributed by atoms with Crippen LogP contribution in [0.5, 0.6) is 0 Å². The molecular formula is C14H21N7. The molecule has 2 saturated heterocycles. The number of aromatic nitrogens is 5. The molecule has 112 valence electrons. The van der Waals surface area contributed by atoms with Crippen LogP contribution in [-0.4, -0.2) is 51.1 Å². The van der Waals surface area contributed by atoms with Crippen LogP contribution in [0.15, 0.2) is 12.3 Å². The van der Waals surface area contributed by atoms with Crippen LogP contribution in [0.25, 0.3) is 11.5 Å². The SMILES string of the molecule is c1cc(-c2nc(N3CCC(C4CCCN4)CC3)n[nH]2)[nH]n1. The highest BCUT2D eigenvalue weighted by atomic mass is 15.4. The van der Waals surface area contributed by atoms with Crippen molar-refractivity contribution in [2.45, 2.75) is 31.7 Å². The Morgan fingerprint density at radius 2 is 2.05 bits per heavy atom. The van der Waals surface area contributed by atoms with Crippen LogP contribution in [0.2, 0.25) is 0 Å². The summed E-state index contributed by atoms with van der Waals surface area (Å²) in [6.07, 6.45) is 6.85. The molecule has 2 aliphatic heterocycles. The molecule has 2 aromatic rings. The Bertz CT molecular complexity index is 562. The molecule has 7 heteroatoms. The lowest BCUT2D eigenvalue weighted by Crippen LogP contribution is -2.41. The largest absolute Gasteiger partial charge is 0.340 e. The standard InChI is InChI=1S/C14H21N7/c1-2-11(15-6-1)10-4-8-21(9-5-10)14-17-13(19-20-14)12-3-7-16-18-12/h3,7,10-11,15H,1-2,4-6,8-9H2,(H,16,18)(H,17,19,20). The number of aromatic amines is 2. The Hall–Kier alpha value is -1.89. The van der Waals surface area contributed by atoms with E-state index in [-0.39, 0.29) is 0 Å². The monoisotopic (exact) mass is 287 g/mol. The van der Waals surface area contributed by atoms with Gasteiger partial charge in [0, 0.05) is 25.3 Å². The topological polar surface area (TPSA) is 85.5 Å². The van der Waals surface area contributed by atoms with E-state index >= 15 is 0 Å². The third kappa shape index (κ3) is 2.53. The summed E-state index contributed by atoms with van der Waals surface area (Å²) in [6.45, 7) is 3.28. The molecule has 4 rings (SSSR count). The number of H-pyrrole nitrogens is 2. The average Bonchev–Trinajstić information content (AvgIpc) is 3.27. The van der Waals surface area contributed by atoms with Crippen LogP contribution in [0.3, 0.4) is 0 Å². The van der Waals surface area contributed by atoms with E-state index in [1.807, 2.05) is 6.07 Å².